The predicted molar refractivity (Wildman–Crippen MR) is 66.9 cm³/mol. The lowest BCUT2D eigenvalue weighted by Gasteiger charge is -2.04. The van der Waals surface area contributed by atoms with Crippen LogP contribution in [0.4, 0.5) is 14.7 Å². The molecule has 0 aliphatic carbocycles. The molecule has 0 radical (unpaired) electrons. The Morgan fingerprint density at radius 1 is 1.45 bits per heavy atom. The maximum atomic E-state index is 13.1. The van der Waals surface area contributed by atoms with Gasteiger partial charge in [0.2, 0.25) is 5.95 Å². The molecule has 0 aliphatic heterocycles. The van der Waals surface area contributed by atoms with Crippen molar-refractivity contribution in [2.75, 3.05) is 11.9 Å². The van der Waals surface area contributed by atoms with Crippen LogP contribution in [-0.4, -0.2) is 27.7 Å². The van der Waals surface area contributed by atoms with Crippen LogP contribution in [0.1, 0.15) is 17.3 Å². The molecule has 0 saturated heterocycles. The fourth-order valence-electron chi connectivity index (χ4n) is 1.37. The summed E-state index contributed by atoms with van der Waals surface area (Å²) in [4.78, 5) is 15.7. The topological polar surface area (TPSA) is 79.9 Å². The maximum absolute atomic E-state index is 13.1. The monoisotopic (exact) mass is 302 g/mol. The Balaban J connectivity index is 2.17. The van der Waals surface area contributed by atoms with Crippen LogP contribution in [-0.2, 0) is 0 Å². The van der Waals surface area contributed by atoms with Crippen LogP contribution >= 0.6 is 11.6 Å². The van der Waals surface area contributed by atoms with Gasteiger partial charge in [-0.3, -0.25) is 10.1 Å². The SMILES string of the molecule is CCOc1n[nH]c(NC(=O)c2cc(F)c(F)cc2Cl)n1. The van der Waals surface area contributed by atoms with Crippen molar-refractivity contribution in [1.29, 1.82) is 0 Å². The summed E-state index contributed by atoms with van der Waals surface area (Å²) in [5.74, 6) is -3.07. The van der Waals surface area contributed by atoms with E-state index in [9.17, 15) is 13.6 Å². The fourth-order valence-corrected chi connectivity index (χ4v) is 1.60. The summed E-state index contributed by atoms with van der Waals surface area (Å²) in [6, 6.07) is 1.48. The summed E-state index contributed by atoms with van der Waals surface area (Å²) in [6.07, 6.45) is 0. The molecule has 0 unspecified atom stereocenters. The molecule has 1 aromatic heterocycles. The average molecular weight is 303 g/mol. The van der Waals surface area contributed by atoms with E-state index in [1.54, 1.807) is 6.92 Å². The second-order valence-corrected chi connectivity index (χ2v) is 4.01. The van der Waals surface area contributed by atoms with Crippen molar-refractivity contribution in [3.8, 4) is 6.01 Å². The van der Waals surface area contributed by atoms with E-state index in [0.29, 0.717) is 12.7 Å². The van der Waals surface area contributed by atoms with Crippen molar-refractivity contribution < 1.29 is 18.3 Å². The van der Waals surface area contributed by atoms with Gasteiger partial charge in [-0.25, -0.2) is 13.9 Å². The molecule has 1 aromatic carbocycles. The van der Waals surface area contributed by atoms with Crippen molar-refractivity contribution in [1.82, 2.24) is 15.2 Å². The van der Waals surface area contributed by atoms with Gasteiger partial charge in [0.25, 0.3) is 5.91 Å². The number of benzene rings is 1. The molecular weight excluding hydrogens is 294 g/mol. The number of amides is 1. The molecule has 0 spiro atoms. The molecule has 0 atom stereocenters. The smallest absolute Gasteiger partial charge is 0.337 e. The highest BCUT2D eigenvalue weighted by atomic mass is 35.5. The number of aromatic nitrogens is 3. The number of halogens is 3. The molecule has 1 amide bonds. The Hall–Kier alpha value is -2.22. The minimum atomic E-state index is -1.17. The van der Waals surface area contributed by atoms with Crippen molar-refractivity contribution in [2.24, 2.45) is 0 Å². The number of hydrogen-bond acceptors (Lipinski definition) is 4. The van der Waals surface area contributed by atoms with Crippen LogP contribution in [0.2, 0.25) is 5.02 Å². The van der Waals surface area contributed by atoms with Crippen molar-refractivity contribution in [3.05, 3.63) is 34.4 Å². The van der Waals surface area contributed by atoms with Gasteiger partial charge in [-0.15, -0.1) is 5.10 Å². The van der Waals surface area contributed by atoms with Gasteiger partial charge in [-0.2, -0.15) is 4.98 Å². The first-order valence-corrected chi connectivity index (χ1v) is 5.90. The lowest BCUT2D eigenvalue weighted by molar-refractivity contribution is 0.102. The minimum absolute atomic E-state index is 0.000695. The Morgan fingerprint density at radius 2 is 2.15 bits per heavy atom. The van der Waals surface area contributed by atoms with E-state index in [1.165, 1.54) is 0 Å². The predicted octanol–water partition coefficient (Wildman–Crippen LogP) is 2.39. The first-order valence-electron chi connectivity index (χ1n) is 5.52. The van der Waals surface area contributed by atoms with Crippen LogP contribution in [0.25, 0.3) is 0 Å². The number of anilines is 1. The van der Waals surface area contributed by atoms with Crippen molar-refractivity contribution in [3.63, 3.8) is 0 Å². The van der Waals surface area contributed by atoms with E-state index < -0.39 is 17.5 Å². The van der Waals surface area contributed by atoms with Crippen LogP contribution in [0.5, 0.6) is 6.01 Å². The zero-order chi connectivity index (χ0) is 14.7. The second kappa shape index (κ2) is 5.83. The van der Waals surface area contributed by atoms with E-state index in [4.69, 9.17) is 16.3 Å². The Morgan fingerprint density at radius 3 is 2.85 bits per heavy atom. The van der Waals surface area contributed by atoms with Crippen LogP contribution in [0.15, 0.2) is 12.1 Å². The normalized spacial score (nSPS) is 10.4. The van der Waals surface area contributed by atoms with E-state index in [2.05, 4.69) is 20.5 Å². The zero-order valence-electron chi connectivity index (χ0n) is 10.2. The molecule has 2 rings (SSSR count). The maximum Gasteiger partial charge on any atom is 0.337 e. The third-order valence-electron chi connectivity index (χ3n) is 2.22. The largest absolute Gasteiger partial charge is 0.463 e. The number of ether oxygens (including phenoxy) is 1. The third-order valence-corrected chi connectivity index (χ3v) is 2.54. The lowest BCUT2D eigenvalue weighted by atomic mass is 10.2. The average Bonchev–Trinajstić information content (AvgIpc) is 2.81. The standard InChI is InChI=1S/C11H9ClF2N4O2/c1-2-20-11-16-10(17-18-11)15-9(19)5-3-7(13)8(14)4-6(5)12/h3-4H,2H2,1H3,(H2,15,16,17,18,19). The second-order valence-electron chi connectivity index (χ2n) is 3.60. The first-order chi connectivity index (χ1) is 9.51. The zero-order valence-corrected chi connectivity index (χ0v) is 11.0. The summed E-state index contributed by atoms with van der Waals surface area (Å²) in [5.41, 5.74) is -0.222. The Labute approximate surface area is 117 Å². The number of H-pyrrole nitrogens is 1. The van der Waals surface area contributed by atoms with Gasteiger partial charge in [0.1, 0.15) is 0 Å². The van der Waals surface area contributed by atoms with Crippen LogP contribution in [0, 0.1) is 11.6 Å². The number of carbonyl (C=O) groups excluding carboxylic acids is 1. The highest BCUT2D eigenvalue weighted by Gasteiger charge is 2.16. The van der Waals surface area contributed by atoms with Gasteiger partial charge < -0.3 is 4.74 Å². The first kappa shape index (κ1) is 14.2. The molecule has 106 valence electrons. The van der Waals surface area contributed by atoms with E-state index in [0.717, 1.165) is 6.07 Å². The van der Waals surface area contributed by atoms with E-state index >= 15 is 0 Å². The van der Waals surface area contributed by atoms with Crippen molar-refractivity contribution in [2.45, 2.75) is 6.92 Å². The molecule has 0 bridgehead atoms. The van der Waals surface area contributed by atoms with E-state index in [1.807, 2.05) is 0 Å². The summed E-state index contributed by atoms with van der Waals surface area (Å²) in [5, 5.41) is 8.16. The quantitative estimate of drug-likeness (QED) is 0.850. The fraction of sp³-hybridized carbons (Fsp3) is 0.182. The molecule has 1 heterocycles. The van der Waals surface area contributed by atoms with Crippen LogP contribution in [0.3, 0.4) is 0 Å². The number of aromatic amines is 1. The number of carbonyl (C=O) groups is 1. The van der Waals surface area contributed by atoms with Gasteiger partial charge in [0.15, 0.2) is 11.6 Å². The highest BCUT2D eigenvalue weighted by molar-refractivity contribution is 6.34. The third kappa shape index (κ3) is 3.02. The minimum Gasteiger partial charge on any atom is -0.463 e. The Bertz CT molecular complexity index is 647. The number of nitrogens with zero attached hydrogens (tertiary/aromatic N) is 2. The van der Waals surface area contributed by atoms with Gasteiger partial charge in [-0.1, -0.05) is 11.6 Å². The van der Waals surface area contributed by atoms with Gasteiger partial charge in [0.05, 0.1) is 17.2 Å². The molecule has 2 aromatic rings. The Kier molecular flexibility index (Phi) is 4.14. The molecule has 2 N–H and O–H groups in total. The molecule has 0 fully saturated rings. The van der Waals surface area contributed by atoms with Crippen LogP contribution < -0.4 is 10.1 Å². The number of rotatable bonds is 4. The molecule has 20 heavy (non-hydrogen) atoms. The van der Waals surface area contributed by atoms with Gasteiger partial charge in [0, 0.05) is 0 Å². The number of hydrogen-bond donors (Lipinski definition) is 2. The summed E-state index contributed by atoms with van der Waals surface area (Å²) < 4.78 is 31.0. The van der Waals surface area contributed by atoms with Crippen molar-refractivity contribution >= 4 is 23.5 Å². The number of nitrogens with one attached hydrogen (secondary N) is 2. The lowest BCUT2D eigenvalue weighted by Crippen LogP contribution is -2.14. The molecular formula is C11H9ClF2N4O2. The van der Waals surface area contributed by atoms with E-state index in [-0.39, 0.29) is 22.5 Å². The molecule has 6 nitrogen and oxygen atoms in total. The van der Waals surface area contributed by atoms with Gasteiger partial charge >= 0.3 is 6.01 Å². The summed E-state index contributed by atoms with van der Waals surface area (Å²) >= 11 is 5.68. The molecule has 0 saturated carbocycles. The summed E-state index contributed by atoms with van der Waals surface area (Å²) in [7, 11) is 0. The molecule has 0 aliphatic rings. The van der Waals surface area contributed by atoms with Gasteiger partial charge in [-0.05, 0) is 19.1 Å². The summed E-state index contributed by atoms with van der Waals surface area (Å²) in [6.45, 7) is 2.11. The highest BCUT2D eigenvalue weighted by Crippen LogP contribution is 2.21. The molecule has 9 heteroatoms.